The van der Waals surface area contributed by atoms with Gasteiger partial charge in [0, 0.05) is 21.2 Å². The Kier molecular flexibility index (Phi) is 3.04. The van der Waals surface area contributed by atoms with E-state index in [0.29, 0.717) is 0 Å². The van der Waals surface area contributed by atoms with Crippen LogP contribution in [0.1, 0.15) is 25.7 Å². The number of fused-ring (bicyclic) bond motifs is 1. The molecule has 0 N–H and O–H groups in total. The fourth-order valence-corrected chi connectivity index (χ4v) is 4.32. The normalized spacial score (nSPS) is 17.7. The second-order valence-electron chi connectivity index (χ2n) is 5.32. The fraction of sp³-hybridized carbons (Fsp3) is 0.222. The predicted octanol–water partition coefficient (Wildman–Crippen LogP) is 5.72. The van der Waals surface area contributed by atoms with Crippen LogP contribution in [0.3, 0.4) is 0 Å². The number of nitrogens with zero attached hydrogens (tertiary/aromatic N) is 1. The Morgan fingerprint density at radius 3 is 2.45 bits per heavy atom. The van der Waals surface area contributed by atoms with Gasteiger partial charge in [-0.25, -0.2) is 0 Å². The first-order valence-electron chi connectivity index (χ1n) is 7.27. The average molecular weight is 279 g/mol. The number of thioether (sulfide) groups is 1. The number of para-hydroxylation sites is 2. The van der Waals surface area contributed by atoms with Crippen LogP contribution >= 0.6 is 11.8 Å². The average Bonchev–Trinajstić information content (AvgIpc) is 2.53. The molecular formula is C18H17NS. The summed E-state index contributed by atoms with van der Waals surface area (Å²) in [5.41, 5.74) is 4.14. The molecule has 0 bridgehead atoms. The van der Waals surface area contributed by atoms with Crippen LogP contribution in [0.15, 0.2) is 70.1 Å². The summed E-state index contributed by atoms with van der Waals surface area (Å²) in [6, 6.07) is 19.5. The van der Waals surface area contributed by atoms with Crippen molar-refractivity contribution in [3.8, 4) is 0 Å². The molecule has 1 nitrogen and oxygen atoms in total. The topological polar surface area (TPSA) is 3.24 Å². The van der Waals surface area contributed by atoms with Crippen molar-refractivity contribution in [1.82, 2.24) is 0 Å². The number of benzene rings is 2. The van der Waals surface area contributed by atoms with Crippen molar-refractivity contribution in [2.75, 3.05) is 4.90 Å². The summed E-state index contributed by atoms with van der Waals surface area (Å²) in [7, 11) is 0. The molecule has 100 valence electrons. The Morgan fingerprint density at radius 2 is 1.55 bits per heavy atom. The Hall–Kier alpha value is -1.67. The van der Waals surface area contributed by atoms with Crippen LogP contribution in [0.4, 0.5) is 11.4 Å². The molecular weight excluding hydrogens is 262 g/mol. The lowest BCUT2D eigenvalue weighted by molar-refractivity contribution is 0.680. The summed E-state index contributed by atoms with van der Waals surface area (Å²) >= 11 is 1.98. The number of allylic oxidation sites excluding steroid dienone is 2. The van der Waals surface area contributed by atoms with Crippen molar-refractivity contribution in [3.05, 3.63) is 65.2 Å². The van der Waals surface area contributed by atoms with Gasteiger partial charge in [0.15, 0.2) is 0 Å². The lowest BCUT2D eigenvalue weighted by atomic mass is 10.0. The van der Waals surface area contributed by atoms with Gasteiger partial charge < -0.3 is 4.90 Å². The molecule has 0 unspecified atom stereocenters. The lowest BCUT2D eigenvalue weighted by Crippen LogP contribution is -2.23. The molecule has 0 spiro atoms. The summed E-state index contributed by atoms with van der Waals surface area (Å²) in [5.74, 6) is 0. The number of anilines is 2. The van der Waals surface area contributed by atoms with Gasteiger partial charge in [-0.05, 0) is 49.9 Å². The molecule has 2 aromatic rings. The molecule has 0 amide bonds. The molecule has 0 aromatic heterocycles. The zero-order valence-corrected chi connectivity index (χ0v) is 12.2. The van der Waals surface area contributed by atoms with Crippen LogP contribution in [0.2, 0.25) is 0 Å². The molecule has 4 rings (SSSR count). The standard InChI is InChI=1S/C18H17NS/c1-2-8-14(9-3-1)19-15-10-4-6-12-17(15)20-18-13-7-5-11-16(18)19/h1-4,6,8-10,12H,5,7,11,13H2. The van der Waals surface area contributed by atoms with E-state index < -0.39 is 0 Å². The van der Waals surface area contributed by atoms with Gasteiger partial charge in [0.25, 0.3) is 0 Å². The maximum atomic E-state index is 2.47. The molecule has 0 radical (unpaired) electrons. The monoisotopic (exact) mass is 279 g/mol. The predicted molar refractivity (Wildman–Crippen MR) is 86.4 cm³/mol. The largest absolute Gasteiger partial charge is 0.312 e. The molecule has 0 saturated heterocycles. The van der Waals surface area contributed by atoms with Crippen molar-refractivity contribution < 1.29 is 0 Å². The third-order valence-corrected chi connectivity index (χ3v) is 5.26. The van der Waals surface area contributed by atoms with Crippen LogP contribution in [0.5, 0.6) is 0 Å². The van der Waals surface area contributed by atoms with Gasteiger partial charge in [-0.3, -0.25) is 0 Å². The Balaban J connectivity index is 1.90. The first-order chi connectivity index (χ1) is 9.93. The smallest absolute Gasteiger partial charge is 0.0598 e. The highest BCUT2D eigenvalue weighted by atomic mass is 32.2. The second-order valence-corrected chi connectivity index (χ2v) is 6.45. The van der Waals surface area contributed by atoms with Gasteiger partial charge >= 0.3 is 0 Å². The SMILES string of the molecule is c1ccc(N2C3=C(CCCC3)Sc3ccccc32)cc1. The third kappa shape index (κ3) is 1.95. The fourth-order valence-electron chi connectivity index (χ4n) is 3.09. The minimum absolute atomic E-state index is 1.20. The van der Waals surface area contributed by atoms with E-state index in [2.05, 4.69) is 59.5 Å². The Morgan fingerprint density at radius 1 is 0.800 bits per heavy atom. The summed E-state index contributed by atoms with van der Waals surface area (Å²) in [6.45, 7) is 0. The quantitative estimate of drug-likeness (QED) is 0.657. The number of hydrogen-bond donors (Lipinski definition) is 0. The van der Waals surface area contributed by atoms with E-state index in [1.165, 1.54) is 47.7 Å². The van der Waals surface area contributed by atoms with Crippen molar-refractivity contribution >= 4 is 23.1 Å². The van der Waals surface area contributed by atoms with Gasteiger partial charge in [0.1, 0.15) is 0 Å². The molecule has 1 heterocycles. The zero-order chi connectivity index (χ0) is 13.4. The van der Waals surface area contributed by atoms with E-state index in [1.807, 2.05) is 11.8 Å². The van der Waals surface area contributed by atoms with Crippen LogP contribution in [0.25, 0.3) is 0 Å². The van der Waals surface area contributed by atoms with Crippen LogP contribution in [-0.2, 0) is 0 Å². The van der Waals surface area contributed by atoms with Gasteiger partial charge in [-0.2, -0.15) is 0 Å². The summed E-state index contributed by atoms with van der Waals surface area (Å²) in [4.78, 5) is 5.43. The maximum absolute atomic E-state index is 2.47. The van der Waals surface area contributed by atoms with Crippen molar-refractivity contribution in [2.24, 2.45) is 0 Å². The first-order valence-corrected chi connectivity index (χ1v) is 8.09. The summed E-state index contributed by atoms with van der Waals surface area (Å²) < 4.78 is 0. The van der Waals surface area contributed by atoms with Gasteiger partial charge in [-0.15, -0.1) is 0 Å². The molecule has 1 aliphatic carbocycles. The molecule has 20 heavy (non-hydrogen) atoms. The summed E-state index contributed by atoms with van der Waals surface area (Å²) in [5, 5.41) is 0. The Labute approximate surface area is 124 Å². The number of rotatable bonds is 1. The van der Waals surface area contributed by atoms with Crippen LogP contribution in [0, 0.1) is 0 Å². The van der Waals surface area contributed by atoms with E-state index in [4.69, 9.17) is 0 Å². The molecule has 0 fully saturated rings. The second kappa shape index (κ2) is 5.02. The molecule has 2 aliphatic rings. The van der Waals surface area contributed by atoms with Crippen LogP contribution in [-0.4, -0.2) is 0 Å². The van der Waals surface area contributed by atoms with E-state index in [0.717, 1.165) is 0 Å². The molecule has 1 aliphatic heterocycles. The van der Waals surface area contributed by atoms with E-state index in [1.54, 1.807) is 4.91 Å². The van der Waals surface area contributed by atoms with E-state index in [9.17, 15) is 0 Å². The van der Waals surface area contributed by atoms with Crippen molar-refractivity contribution in [2.45, 2.75) is 30.6 Å². The molecule has 2 aromatic carbocycles. The van der Waals surface area contributed by atoms with Crippen LogP contribution < -0.4 is 4.90 Å². The van der Waals surface area contributed by atoms with Gasteiger partial charge in [0.2, 0.25) is 0 Å². The Bertz CT molecular complexity index is 660. The maximum Gasteiger partial charge on any atom is 0.0598 e. The van der Waals surface area contributed by atoms with E-state index in [-0.39, 0.29) is 0 Å². The van der Waals surface area contributed by atoms with Gasteiger partial charge in [-0.1, -0.05) is 42.1 Å². The third-order valence-electron chi connectivity index (χ3n) is 4.01. The summed E-state index contributed by atoms with van der Waals surface area (Å²) in [6.07, 6.45) is 5.07. The van der Waals surface area contributed by atoms with Crippen molar-refractivity contribution in [1.29, 1.82) is 0 Å². The highest BCUT2D eigenvalue weighted by Gasteiger charge is 2.28. The molecule has 2 heteroatoms. The highest BCUT2D eigenvalue weighted by molar-refractivity contribution is 8.03. The van der Waals surface area contributed by atoms with E-state index >= 15 is 0 Å². The molecule has 0 saturated carbocycles. The number of hydrogen-bond acceptors (Lipinski definition) is 2. The van der Waals surface area contributed by atoms with Crippen molar-refractivity contribution in [3.63, 3.8) is 0 Å². The lowest BCUT2D eigenvalue weighted by Gasteiger charge is -2.37. The minimum Gasteiger partial charge on any atom is -0.312 e. The van der Waals surface area contributed by atoms with Gasteiger partial charge in [0.05, 0.1) is 5.69 Å². The zero-order valence-electron chi connectivity index (χ0n) is 11.4. The minimum atomic E-state index is 1.20. The highest BCUT2D eigenvalue weighted by Crippen LogP contribution is 2.50. The molecule has 0 atom stereocenters. The first kappa shape index (κ1) is 12.1.